The lowest BCUT2D eigenvalue weighted by atomic mass is 10.0. The highest BCUT2D eigenvalue weighted by Crippen LogP contribution is 2.26. The highest BCUT2D eigenvalue weighted by molar-refractivity contribution is 6.30. The van der Waals surface area contributed by atoms with E-state index >= 15 is 0 Å². The number of carboxylic acid groups (broad SMARTS) is 1. The van der Waals surface area contributed by atoms with E-state index in [1.165, 1.54) is 6.07 Å². The van der Waals surface area contributed by atoms with Crippen molar-refractivity contribution in [2.24, 2.45) is 0 Å². The number of hydrogen-bond donors (Lipinski definition) is 1. The molecule has 0 spiro atoms. The molecule has 0 bridgehead atoms. The Bertz CT molecular complexity index is 1000. The third-order valence-corrected chi connectivity index (χ3v) is 4.68. The lowest BCUT2D eigenvalue weighted by Gasteiger charge is -2.13. The molecule has 5 nitrogen and oxygen atoms in total. The molecule has 0 aliphatic carbocycles. The highest BCUT2D eigenvalue weighted by atomic mass is 35.5. The average Bonchev–Trinajstić information content (AvgIpc) is 3.03. The summed E-state index contributed by atoms with van der Waals surface area (Å²) in [7, 11) is 0. The summed E-state index contributed by atoms with van der Waals surface area (Å²) >= 11 is 5.94. The number of carbonyl (C=O) groups is 1. The SMILES string of the molecule is Cc1cc(COc2ccc(CCC(=O)O)c(C)c2F)n(-c2ccc(Cl)cc2)n1. The van der Waals surface area contributed by atoms with Gasteiger partial charge in [0.1, 0.15) is 6.61 Å². The Morgan fingerprint density at radius 3 is 2.61 bits per heavy atom. The van der Waals surface area contributed by atoms with E-state index in [-0.39, 0.29) is 25.2 Å². The number of rotatable bonds is 7. The van der Waals surface area contributed by atoms with Crippen molar-refractivity contribution in [3.63, 3.8) is 0 Å². The number of aromatic nitrogens is 2. The van der Waals surface area contributed by atoms with Crippen molar-refractivity contribution < 1.29 is 19.0 Å². The minimum atomic E-state index is -0.911. The molecule has 3 rings (SSSR count). The number of halogens is 2. The normalized spacial score (nSPS) is 10.9. The summed E-state index contributed by atoms with van der Waals surface area (Å²) in [6, 6.07) is 12.4. The monoisotopic (exact) mass is 402 g/mol. The number of benzene rings is 2. The van der Waals surface area contributed by atoms with Crippen LogP contribution >= 0.6 is 11.6 Å². The van der Waals surface area contributed by atoms with Gasteiger partial charge >= 0.3 is 5.97 Å². The number of nitrogens with zero attached hydrogens (tertiary/aromatic N) is 2. The molecule has 0 unspecified atom stereocenters. The summed E-state index contributed by atoms with van der Waals surface area (Å²) in [5, 5.41) is 13.9. The summed E-state index contributed by atoms with van der Waals surface area (Å²) in [4.78, 5) is 10.7. The molecule has 1 aromatic heterocycles. The van der Waals surface area contributed by atoms with Crippen molar-refractivity contribution in [1.82, 2.24) is 9.78 Å². The van der Waals surface area contributed by atoms with Gasteiger partial charge < -0.3 is 9.84 Å². The standard InChI is InChI=1S/C21H20ClFN2O3/c1-13-11-18(25(24-13)17-7-5-16(22)6-8-17)12-28-19-9-3-15(4-10-20(26)27)14(2)21(19)23/h3,5-9,11H,4,10,12H2,1-2H3,(H,26,27). The van der Waals surface area contributed by atoms with E-state index < -0.39 is 11.8 Å². The molecule has 1 heterocycles. The van der Waals surface area contributed by atoms with Crippen molar-refractivity contribution in [3.05, 3.63) is 75.8 Å². The van der Waals surface area contributed by atoms with E-state index in [2.05, 4.69) is 5.10 Å². The second-order valence-electron chi connectivity index (χ2n) is 6.51. The van der Waals surface area contributed by atoms with E-state index in [9.17, 15) is 9.18 Å². The Kier molecular flexibility index (Phi) is 5.99. The van der Waals surface area contributed by atoms with Crippen LogP contribution < -0.4 is 4.74 Å². The number of aliphatic carboxylic acids is 1. The molecule has 2 aromatic carbocycles. The molecular formula is C21H20ClFN2O3. The molecule has 0 fully saturated rings. The summed E-state index contributed by atoms with van der Waals surface area (Å²) in [5.74, 6) is -1.26. The first kappa shape index (κ1) is 19.9. The second-order valence-corrected chi connectivity index (χ2v) is 6.95. The molecule has 0 saturated carbocycles. The molecule has 1 N–H and O–H groups in total. The van der Waals surface area contributed by atoms with Crippen LogP contribution in [-0.2, 0) is 17.8 Å². The molecule has 3 aromatic rings. The summed E-state index contributed by atoms with van der Waals surface area (Å²) in [6.07, 6.45) is 0.237. The Morgan fingerprint density at radius 1 is 1.21 bits per heavy atom. The van der Waals surface area contributed by atoms with Crippen LogP contribution in [-0.4, -0.2) is 20.9 Å². The van der Waals surface area contributed by atoms with Gasteiger partial charge in [-0.15, -0.1) is 0 Å². The minimum Gasteiger partial charge on any atom is -0.484 e. The lowest BCUT2D eigenvalue weighted by Crippen LogP contribution is -2.07. The Hall–Kier alpha value is -2.86. The van der Waals surface area contributed by atoms with E-state index in [1.807, 2.05) is 25.1 Å². The van der Waals surface area contributed by atoms with E-state index in [0.29, 0.717) is 16.1 Å². The van der Waals surface area contributed by atoms with Crippen molar-refractivity contribution >= 4 is 17.6 Å². The third kappa shape index (κ3) is 4.51. The molecule has 0 aliphatic rings. The predicted octanol–water partition coefficient (Wildman–Crippen LogP) is 4.88. The summed E-state index contributed by atoms with van der Waals surface area (Å²) in [6.45, 7) is 3.63. The molecule has 0 aliphatic heterocycles. The van der Waals surface area contributed by atoms with Crippen molar-refractivity contribution in [2.75, 3.05) is 0 Å². The maximum Gasteiger partial charge on any atom is 0.303 e. The number of carboxylic acids is 1. The Balaban J connectivity index is 1.78. The van der Waals surface area contributed by atoms with Crippen LogP contribution in [0.5, 0.6) is 5.75 Å². The molecule has 7 heteroatoms. The second kappa shape index (κ2) is 8.44. The number of hydrogen-bond acceptors (Lipinski definition) is 3. The predicted molar refractivity (Wildman–Crippen MR) is 105 cm³/mol. The van der Waals surface area contributed by atoms with Gasteiger partial charge in [-0.2, -0.15) is 5.10 Å². The molecule has 0 saturated heterocycles. The van der Waals surface area contributed by atoms with Gasteiger partial charge in [-0.05, 0) is 67.8 Å². The fourth-order valence-corrected chi connectivity index (χ4v) is 3.06. The third-order valence-electron chi connectivity index (χ3n) is 4.42. The van der Waals surface area contributed by atoms with Gasteiger partial charge in [-0.3, -0.25) is 4.79 Å². The van der Waals surface area contributed by atoms with Crippen LogP contribution in [0.3, 0.4) is 0 Å². The molecule has 0 radical (unpaired) electrons. The zero-order valence-electron chi connectivity index (χ0n) is 15.6. The van der Waals surface area contributed by atoms with Gasteiger partial charge in [-0.25, -0.2) is 9.07 Å². The van der Waals surface area contributed by atoms with Crippen LogP contribution in [0.4, 0.5) is 4.39 Å². The van der Waals surface area contributed by atoms with E-state index in [0.717, 1.165) is 17.1 Å². The molecule has 0 atom stereocenters. The number of ether oxygens (including phenoxy) is 1. The van der Waals surface area contributed by atoms with Crippen LogP contribution in [0.2, 0.25) is 5.02 Å². The van der Waals surface area contributed by atoms with Crippen LogP contribution in [0.15, 0.2) is 42.5 Å². The lowest BCUT2D eigenvalue weighted by molar-refractivity contribution is -0.136. The first-order chi connectivity index (χ1) is 13.3. The minimum absolute atomic E-state index is 0.0416. The van der Waals surface area contributed by atoms with Crippen molar-refractivity contribution in [3.8, 4) is 11.4 Å². The number of aryl methyl sites for hydroxylation is 2. The smallest absolute Gasteiger partial charge is 0.303 e. The van der Waals surface area contributed by atoms with Crippen LogP contribution in [0.25, 0.3) is 5.69 Å². The first-order valence-corrected chi connectivity index (χ1v) is 9.17. The molecule has 146 valence electrons. The molecule has 0 amide bonds. The summed E-state index contributed by atoms with van der Waals surface area (Å²) < 4.78 is 22.1. The quantitative estimate of drug-likeness (QED) is 0.611. The Labute approximate surface area is 167 Å². The molecular weight excluding hydrogens is 383 g/mol. The largest absolute Gasteiger partial charge is 0.484 e. The highest BCUT2D eigenvalue weighted by Gasteiger charge is 2.14. The zero-order valence-corrected chi connectivity index (χ0v) is 16.3. The van der Waals surface area contributed by atoms with Gasteiger partial charge in [0.05, 0.1) is 17.1 Å². The van der Waals surface area contributed by atoms with Gasteiger partial charge in [0.15, 0.2) is 11.6 Å². The van der Waals surface area contributed by atoms with E-state index in [1.54, 1.807) is 29.8 Å². The fraction of sp³-hybridized carbons (Fsp3) is 0.238. The maximum absolute atomic E-state index is 14.7. The fourth-order valence-electron chi connectivity index (χ4n) is 2.94. The first-order valence-electron chi connectivity index (χ1n) is 8.79. The Morgan fingerprint density at radius 2 is 1.93 bits per heavy atom. The maximum atomic E-state index is 14.7. The van der Waals surface area contributed by atoms with Gasteiger partial charge in [0.2, 0.25) is 0 Å². The average molecular weight is 403 g/mol. The van der Waals surface area contributed by atoms with Gasteiger partial charge in [0.25, 0.3) is 0 Å². The van der Waals surface area contributed by atoms with Gasteiger partial charge in [-0.1, -0.05) is 17.7 Å². The van der Waals surface area contributed by atoms with Crippen LogP contribution in [0, 0.1) is 19.7 Å². The van der Waals surface area contributed by atoms with Crippen LogP contribution in [0.1, 0.15) is 28.9 Å². The van der Waals surface area contributed by atoms with E-state index in [4.69, 9.17) is 21.4 Å². The van der Waals surface area contributed by atoms with Crippen molar-refractivity contribution in [2.45, 2.75) is 33.3 Å². The molecule has 28 heavy (non-hydrogen) atoms. The van der Waals surface area contributed by atoms with Crippen molar-refractivity contribution in [1.29, 1.82) is 0 Å². The summed E-state index contributed by atoms with van der Waals surface area (Å²) in [5.41, 5.74) is 3.48. The topological polar surface area (TPSA) is 64.3 Å². The van der Waals surface area contributed by atoms with Gasteiger partial charge in [0, 0.05) is 11.4 Å². The zero-order chi connectivity index (χ0) is 20.3.